The first-order valence-corrected chi connectivity index (χ1v) is 8.47. The van der Waals surface area contributed by atoms with Crippen LogP contribution in [0.2, 0.25) is 0 Å². The summed E-state index contributed by atoms with van der Waals surface area (Å²) in [5.41, 5.74) is 2.24. The maximum Gasteiger partial charge on any atom is 0.186 e. The lowest BCUT2D eigenvalue weighted by atomic mass is 10.1. The zero-order valence-electron chi connectivity index (χ0n) is 13.2. The number of nitrogens with zero attached hydrogens (tertiary/aromatic N) is 3. The van der Waals surface area contributed by atoms with E-state index in [-0.39, 0.29) is 5.82 Å². The lowest BCUT2D eigenvalue weighted by Crippen LogP contribution is -2.21. The van der Waals surface area contributed by atoms with E-state index in [0.29, 0.717) is 11.3 Å². The van der Waals surface area contributed by atoms with E-state index in [9.17, 15) is 4.39 Å². The molecule has 23 heavy (non-hydrogen) atoms. The van der Waals surface area contributed by atoms with Crippen LogP contribution in [0.1, 0.15) is 13.8 Å². The normalized spacial score (nSPS) is 10.7. The Balaban J connectivity index is 2.19. The standard InChI is InChI=1S/C18H18FN3S/c1-3-22(4-2)18-21-16(14-7-5-6-8-15(14)19)17(23-18)13-9-11-20-12-10-13/h5-12H,3-4H2,1-2H3. The average molecular weight is 327 g/mol. The maximum atomic E-state index is 14.3. The van der Waals surface area contributed by atoms with Crippen molar-refractivity contribution < 1.29 is 4.39 Å². The van der Waals surface area contributed by atoms with Gasteiger partial charge in [-0.25, -0.2) is 9.37 Å². The van der Waals surface area contributed by atoms with Crippen molar-refractivity contribution in [3.05, 3.63) is 54.6 Å². The van der Waals surface area contributed by atoms with Crippen molar-refractivity contribution in [2.75, 3.05) is 18.0 Å². The van der Waals surface area contributed by atoms with Crippen molar-refractivity contribution in [2.24, 2.45) is 0 Å². The molecule has 3 nitrogen and oxygen atoms in total. The molecular weight excluding hydrogens is 309 g/mol. The molecule has 0 fully saturated rings. The second-order valence-electron chi connectivity index (χ2n) is 5.06. The number of aromatic nitrogens is 2. The first-order valence-electron chi connectivity index (χ1n) is 7.65. The number of anilines is 1. The predicted molar refractivity (Wildman–Crippen MR) is 94.3 cm³/mol. The van der Waals surface area contributed by atoms with Crippen molar-refractivity contribution in [1.29, 1.82) is 0 Å². The van der Waals surface area contributed by atoms with E-state index in [4.69, 9.17) is 4.98 Å². The molecule has 1 aromatic carbocycles. The first kappa shape index (κ1) is 15.6. The number of thiazole rings is 1. The summed E-state index contributed by atoms with van der Waals surface area (Å²) in [6.45, 7) is 5.94. The lowest BCUT2D eigenvalue weighted by Gasteiger charge is -2.16. The van der Waals surface area contributed by atoms with Crippen LogP contribution in [0.3, 0.4) is 0 Å². The molecule has 3 aromatic rings. The van der Waals surface area contributed by atoms with Crippen LogP contribution < -0.4 is 4.90 Å². The van der Waals surface area contributed by atoms with Crippen LogP contribution in [0, 0.1) is 5.82 Å². The van der Waals surface area contributed by atoms with Crippen LogP contribution in [-0.2, 0) is 0 Å². The summed E-state index contributed by atoms with van der Waals surface area (Å²) in [6, 6.07) is 10.7. The Labute approximate surface area is 139 Å². The molecule has 2 heterocycles. The van der Waals surface area contributed by atoms with Gasteiger partial charge in [0.1, 0.15) is 5.82 Å². The molecule has 3 rings (SSSR count). The number of rotatable bonds is 5. The summed E-state index contributed by atoms with van der Waals surface area (Å²) in [6.07, 6.45) is 3.49. The van der Waals surface area contributed by atoms with Gasteiger partial charge in [0.15, 0.2) is 5.13 Å². The van der Waals surface area contributed by atoms with Crippen LogP contribution in [0.25, 0.3) is 21.7 Å². The molecule has 0 aliphatic rings. The van der Waals surface area contributed by atoms with E-state index in [1.807, 2.05) is 18.2 Å². The molecule has 0 spiro atoms. The van der Waals surface area contributed by atoms with Crippen LogP contribution in [0.15, 0.2) is 48.8 Å². The molecule has 0 amide bonds. The molecule has 0 radical (unpaired) electrons. The summed E-state index contributed by atoms with van der Waals surface area (Å²) in [4.78, 5) is 12.0. The summed E-state index contributed by atoms with van der Waals surface area (Å²) >= 11 is 1.59. The minimum absolute atomic E-state index is 0.251. The van der Waals surface area contributed by atoms with E-state index in [0.717, 1.165) is 28.7 Å². The van der Waals surface area contributed by atoms with Gasteiger partial charge in [-0.2, -0.15) is 0 Å². The second kappa shape index (κ2) is 6.87. The molecule has 0 atom stereocenters. The smallest absolute Gasteiger partial charge is 0.186 e. The van der Waals surface area contributed by atoms with E-state index in [1.54, 1.807) is 35.9 Å². The Morgan fingerprint density at radius 2 is 1.74 bits per heavy atom. The molecule has 5 heteroatoms. The highest BCUT2D eigenvalue weighted by atomic mass is 32.1. The van der Waals surface area contributed by atoms with Crippen molar-refractivity contribution in [3.8, 4) is 21.7 Å². The van der Waals surface area contributed by atoms with Crippen molar-refractivity contribution in [1.82, 2.24) is 9.97 Å². The zero-order valence-corrected chi connectivity index (χ0v) is 14.0. The van der Waals surface area contributed by atoms with E-state index >= 15 is 0 Å². The van der Waals surface area contributed by atoms with Gasteiger partial charge in [0.25, 0.3) is 0 Å². The summed E-state index contributed by atoms with van der Waals surface area (Å²) in [7, 11) is 0. The lowest BCUT2D eigenvalue weighted by molar-refractivity contribution is 0.631. The Hall–Kier alpha value is -2.27. The number of pyridine rings is 1. The molecule has 0 aliphatic carbocycles. The highest BCUT2D eigenvalue weighted by Crippen LogP contribution is 2.40. The fourth-order valence-corrected chi connectivity index (χ4v) is 3.69. The monoisotopic (exact) mass is 327 g/mol. The van der Waals surface area contributed by atoms with Gasteiger partial charge in [-0.3, -0.25) is 4.98 Å². The van der Waals surface area contributed by atoms with Gasteiger partial charge >= 0.3 is 0 Å². The molecule has 0 unspecified atom stereocenters. The first-order chi connectivity index (χ1) is 11.2. The third-order valence-corrected chi connectivity index (χ3v) is 4.89. The molecule has 0 saturated carbocycles. The van der Waals surface area contributed by atoms with Crippen molar-refractivity contribution >= 4 is 16.5 Å². The largest absolute Gasteiger partial charge is 0.349 e. The second-order valence-corrected chi connectivity index (χ2v) is 6.04. The molecule has 0 bridgehead atoms. The fourth-order valence-electron chi connectivity index (χ4n) is 2.47. The predicted octanol–water partition coefficient (Wildman–Crippen LogP) is 4.86. The minimum Gasteiger partial charge on any atom is -0.349 e. The Bertz CT molecular complexity index is 782. The molecule has 118 valence electrons. The third kappa shape index (κ3) is 3.10. The van der Waals surface area contributed by atoms with E-state index in [2.05, 4.69) is 23.7 Å². The number of halogens is 1. The average Bonchev–Trinajstić information content (AvgIpc) is 3.02. The summed E-state index contributed by atoms with van der Waals surface area (Å²) in [5.74, 6) is -0.251. The van der Waals surface area contributed by atoms with Gasteiger partial charge in [0.2, 0.25) is 0 Å². The highest BCUT2D eigenvalue weighted by Gasteiger charge is 2.19. The summed E-state index contributed by atoms with van der Waals surface area (Å²) < 4.78 is 14.3. The van der Waals surface area contributed by atoms with Gasteiger partial charge in [-0.1, -0.05) is 23.5 Å². The Morgan fingerprint density at radius 3 is 2.39 bits per heavy atom. The summed E-state index contributed by atoms with van der Waals surface area (Å²) in [5, 5.41) is 0.917. The van der Waals surface area contributed by atoms with E-state index < -0.39 is 0 Å². The number of hydrogen-bond acceptors (Lipinski definition) is 4. The Kier molecular flexibility index (Phi) is 4.67. The minimum atomic E-state index is -0.251. The van der Waals surface area contributed by atoms with Crippen LogP contribution in [0.4, 0.5) is 9.52 Å². The quantitative estimate of drug-likeness (QED) is 0.670. The molecule has 2 aromatic heterocycles. The van der Waals surface area contributed by atoms with Gasteiger partial charge in [0.05, 0.1) is 10.6 Å². The molecular formula is C18H18FN3S. The zero-order chi connectivity index (χ0) is 16.2. The number of hydrogen-bond donors (Lipinski definition) is 0. The third-order valence-electron chi connectivity index (χ3n) is 3.72. The maximum absolute atomic E-state index is 14.3. The van der Waals surface area contributed by atoms with Crippen molar-refractivity contribution in [2.45, 2.75) is 13.8 Å². The van der Waals surface area contributed by atoms with E-state index in [1.165, 1.54) is 6.07 Å². The van der Waals surface area contributed by atoms with Gasteiger partial charge in [-0.05, 0) is 43.7 Å². The van der Waals surface area contributed by atoms with Crippen LogP contribution >= 0.6 is 11.3 Å². The Morgan fingerprint density at radius 1 is 1.04 bits per heavy atom. The topological polar surface area (TPSA) is 29.0 Å². The molecule has 0 saturated heterocycles. The van der Waals surface area contributed by atoms with Gasteiger partial charge in [0, 0.05) is 31.0 Å². The van der Waals surface area contributed by atoms with Crippen molar-refractivity contribution in [3.63, 3.8) is 0 Å². The van der Waals surface area contributed by atoms with Crippen LogP contribution in [-0.4, -0.2) is 23.1 Å². The molecule has 0 N–H and O–H groups in total. The molecule has 0 aliphatic heterocycles. The van der Waals surface area contributed by atoms with Crippen LogP contribution in [0.5, 0.6) is 0 Å². The SMILES string of the molecule is CCN(CC)c1nc(-c2ccccc2F)c(-c2ccncc2)s1. The van der Waals surface area contributed by atoms with Gasteiger partial charge < -0.3 is 4.90 Å². The number of benzene rings is 1. The van der Waals surface area contributed by atoms with Gasteiger partial charge in [-0.15, -0.1) is 0 Å². The fraction of sp³-hybridized carbons (Fsp3) is 0.222. The highest BCUT2D eigenvalue weighted by molar-refractivity contribution is 7.19.